The van der Waals surface area contributed by atoms with Crippen LogP contribution in [-0.2, 0) is 32.3 Å². The molecule has 5 heterocycles. The zero-order chi connectivity index (χ0) is 50.1. The number of aromatic nitrogens is 2. The van der Waals surface area contributed by atoms with Gasteiger partial charge < -0.3 is 35.2 Å². The van der Waals surface area contributed by atoms with Gasteiger partial charge in [0.1, 0.15) is 29.0 Å². The Bertz CT molecular complexity index is 2820. The maximum Gasteiger partial charge on any atom is 0.342 e. The smallest absolute Gasteiger partial charge is 0.342 e. The van der Waals surface area contributed by atoms with E-state index in [0.717, 1.165) is 39.8 Å². The molecule has 3 aromatic carbocycles. The molecule has 372 valence electrons. The summed E-state index contributed by atoms with van der Waals surface area (Å²) in [6.45, 7) is 0.774. The summed E-state index contributed by atoms with van der Waals surface area (Å²) in [5, 5.41) is 10.8. The number of amides is 7. The van der Waals surface area contributed by atoms with E-state index >= 15 is 13.2 Å². The van der Waals surface area contributed by atoms with Gasteiger partial charge in [0.25, 0.3) is 29.5 Å². The lowest BCUT2D eigenvalue weighted by Gasteiger charge is -2.32. The molecule has 0 bridgehead atoms. The first-order chi connectivity index (χ1) is 34.1. The summed E-state index contributed by atoms with van der Waals surface area (Å²) in [5.41, 5.74) is 1.78. The van der Waals surface area contributed by atoms with Crippen molar-refractivity contribution in [3.8, 4) is 11.5 Å². The Labute approximate surface area is 405 Å². The van der Waals surface area contributed by atoms with Crippen molar-refractivity contribution in [2.24, 2.45) is 0 Å². The molecule has 2 saturated heterocycles. The van der Waals surface area contributed by atoms with Crippen molar-refractivity contribution in [3.63, 3.8) is 0 Å². The Kier molecular flexibility index (Phi) is 13.6. The monoisotopic (exact) mass is 980 g/mol. The first-order valence-electron chi connectivity index (χ1n) is 23.4. The highest BCUT2D eigenvalue weighted by atomic mass is 19.3. The Hall–Kier alpha value is -7.62. The van der Waals surface area contributed by atoms with Gasteiger partial charge in [0.05, 0.1) is 42.2 Å². The molecule has 71 heavy (non-hydrogen) atoms. The highest BCUT2D eigenvalue weighted by molar-refractivity contribution is 6.24. The summed E-state index contributed by atoms with van der Waals surface area (Å²) in [6, 6.07) is 12.8. The minimum Gasteiger partial charge on any atom is -0.495 e. The maximum absolute atomic E-state index is 15.7. The largest absolute Gasteiger partial charge is 0.495 e. The minimum absolute atomic E-state index is 0.00661. The number of hydrogen-bond acceptors (Lipinski definition) is 14. The van der Waals surface area contributed by atoms with Crippen LogP contribution >= 0.6 is 0 Å². The fraction of sp³-hybridized carbons (Fsp3) is 0.408. The summed E-state index contributed by atoms with van der Waals surface area (Å²) < 4.78 is 57.1. The van der Waals surface area contributed by atoms with Crippen LogP contribution in [0.5, 0.6) is 11.5 Å². The predicted molar refractivity (Wildman–Crippen MR) is 249 cm³/mol. The van der Waals surface area contributed by atoms with Crippen LogP contribution in [0.1, 0.15) is 93.6 Å². The third-order valence-electron chi connectivity index (χ3n) is 13.5. The molecule has 19 nitrogen and oxygen atoms in total. The van der Waals surface area contributed by atoms with E-state index in [-0.39, 0.29) is 82.8 Å². The lowest BCUT2D eigenvalue weighted by Crippen LogP contribution is -2.54. The van der Waals surface area contributed by atoms with E-state index < -0.39 is 72.3 Å². The molecule has 22 heteroatoms. The number of benzene rings is 3. The van der Waals surface area contributed by atoms with Gasteiger partial charge in [-0.1, -0.05) is 43.2 Å². The van der Waals surface area contributed by atoms with Gasteiger partial charge in [-0.3, -0.25) is 48.7 Å². The van der Waals surface area contributed by atoms with E-state index in [2.05, 4.69) is 36.1 Å². The highest BCUT2D eigenvalue weighted by Gasteiger charge is 2.49. The Morgan fingerprint density at radius 1 is 0.915 bits per heavy atom. The minimum atomic E-state index is -3.65. The van der Waals surface area contributed by atoms with Crippen LogP contribution in [0.3, 0.4) is 0 Å². The number of nitrogens with one attached hydrogen (secondary N) is 4. The first-order valence-corrected chi connectivity index (χ1v) is 23.4. The number of hydrogen-bond donors (Lipinski definition) is 4. The van der Waals surface area contributed by atoms with Crippen LogP contribution in [0.15, 0.2) is 60.8 Å². The van der Waals surface area contributed by atoms with Gasteiger partial charge in [0.2, 0.25) is 17.8 Å². The number of alkyl halides is 2. The molecular formula is C49H51F3N10O9. The molecule has 4 aliphatic heterocycles. The standard InChI is InChI=1S/C49H51F3N10O9/c1-59-36-23-54-48(58-42(36)61(30-9-3-4-10-30)26-49(51,52)47(59)69)56-34-21-33(50)32(20-38(34)70-2)43(65)55-29-15-17-60(18-16-29)24-28-8-5-7-27(19-28)22-53-40(64)25-71-37-12-6-11-31-41(37)46(68)62(45(31)67)35-13-14-39(63)57-44(35)66/h5-8,11-12,19-21,23,29-30,35H,3-4,9-10,13-18,22,24-26H2,1-2H3,(H,53,64)(H,55,65)(H,54,56,58)(H,57,63,66). The van der Waals surface area contributed by atoms with Crippen LogP contribution in [-0.4, -0.2) is 126 Å². The number of imide groups is 2. The number of fused-ring (bicyclic) bond motifs is 2. The Morgan fingerprint density at radius 3 is 2.41 bits per heavy atom. The van der Waals surface area contributed by atoms with Gasteiger partial charge in [-0.05, 0) is 61.4 Å². The molecule has 9 rings (SSSR count). The van der Waals surface area contributed by atoms with Gasteiger partial charge >= 0.3 is 5.92 Å². The molecule has 0 spiro atoms. The molecule has 4 N–H and O–H groups in total. The summed E-state index contributed by atoms with van der Waals surface area (Å²) in [6.07, 6.45) is 5.51. The number of likely N-dealkylation sites (tertiary alicyclic amines) is 1. The van der Waals surface area contributed by atoms with Crippen molar-refractivity contribution in [3.05, 3.63) is 94.4 Å². The predicted octanol–water partition coefficient (Wildman–Crippen LogP) is 4.22. The van der Waals surface area contributed by atoms with Crippen molar-refractivity contribution in [1.82, 2.24) is 35.7 Å². The van der Waals surface area contributed by atoms with Crippen LogP contribution in [0, 0.1) is 5.82 Å². The Morgan fingerprint density at radius 2 is 1.66 bits per heavy atom. The topological polar surface area (TPSA) is 225 Å². The third kappa shape index (κ3) is 10.1. The number of carbonyl (C=O) groups is 7. The van der Waals surface area contributed by atoms with Crippen molar-refractivity contribution < 1.29 is 56.2 Å². The molecule has 5 aliphatic rings. The van der Waals surface area contributed by atoms with Gasteiger partial charge in [0, 0.05) is 57.8 Å². The van der Waals surface area contributed by atoms with E-state index in [1.54, 1.807) is 0 Å². The third-order valence-corrected chi connectivity index (χ3v) is 13.5. The van der Waals surface area contributed by atoms with Crippen LogP contribution < -0.4 is 40.5 Å². The average Bonchev–Trinajstić information content (AvgIpc) is 3.97. The van der Waals surface area contributed by atoms with Crippen LogP contribution in [0.25, 0.3) is 0 Å². The lowest BCUT2D eigenvalue weighted by molar-refractivity contribution is -0.140. The molecule has 7 amide bonds. The van der Waals surface area contributed by atoms with Gasteiger partial charge in [-0.15, -0.1) is 0 Å². The second kappa shape index (κ2) is 20.0. The zero-order valence-electron chi connectivity index (χ0n) is 38.9. The number of anilines is 4. The summed E-state index contributed by atoms with van der Waals surface area (Å²) in [7, 11) is 2.61. The number of carbonyl (C=O) groups excluding carboxylic acids is 7. The zero-order valence-corrected chi connectivity index (χ0v) is 38.9. The number of piperidine rings is 2. The molecule has 4 aromatic rings. The fourth-order valence-corrected chi connectivity index (χ4v) is 9.81. The Balaban J connectivity index is 0.755. The summed E-state index contributed by atoms with van der Waals surface area (Å²) in [4.78, 5) is 104. The molecule has 1 unspecified atom stereocenters. The number of halogens is 3. The highest BCUT2D eigenvalue weighted by Crippen LogP contribution is 2.41. The quantitative estimate of drug-likeness (QED) is 0.130. The van der Waals surface area contributed by atoms with E-state index in [0.29, 0.717) is 45.3 Å². The summed E-state index contributed by atoms with van der Waals surface area (Å²) in [5.74, 6) is -9.35. The molecule has 3 fully saturated rings. The normalized spacial score (nSPS) is 19.5. The number of ether oxygens (including phenoxy) is 2. The van der Waals surface area contributed by atoms with Crippen molar-refractivity contribution >= 4 is 64.5 Å². The second-order valence-electron chi connectivity index (χ2n) is 18.2. The average molecular weight is 981 g/mol. The number of nitrogens with zero attached hydrogens (tertiary/aromatic N) is 6. The number of methoxy groups -OCH3 is 1. The first kappa shape index (κ1) is 48.4. The molecular weight excluding hydrogens is 930 g/mol. The van der Waals surface area contributed by atoms with E-state index in [9.17, 15) is 33.6 Å². The summed E-state index contributed by atoms with van der Waals surface area (Å²) >= 11 is 0. The molecule has 1 saturated carbocycles. The van der Waals surface area contributed by atoms with Gasteiger partial charge in [-0.25, -0.2) is 9.37 Å². The second-order valence-corrected chi connectivity index (χ2v) is 18.2. The van der Waals surface area contributed by atoms with Crippen molar-refractivity contribution in [2.75, 3.05) is 55.5 Å². The molecule has 1 aromatic heterocycles. The van der Waals surface area contributed by atoms with Crippen LogP contribution in [0.2, 0.25) is 0 Å². The van der Waals surface area contributed by atoms with Gasteiger partial charge in [0.15, 0.2) is 12.4 Å². The number of rotatable bonds is 14. The fourth-order valence-electron chi connectivity index (χ4n) is 9.81. The van der Waals surface area contributed by atoms with Crippen LogP contribution in [0.4, 0.5) is 36.3 Å². The lowest BCUT2D eigenvalue weighted by atomic mass is 10.0. The van der Waals surface area contributed by atoms with Gasteiger partial charge in [-0.2, -0.15) is 13.8 Å². The van der Waals surface area contributed by atoms with E-state index in [1.807, 2.05) is 24.3 Å². The maximum atomic E-state index is 15.7. The SMILES string of the molecule is COc1cc(C(=O)NC2CCN(Cc3cccc(CNC(=O)COc4cccc5c4C(=O)N(C4CCC(=O)NC4=O)C5=O)c3)CC2)c(F)cc1Nc1ncc2c(n1)N(C1CCCC1)CC(F)(F)C(=O)N2C. The molecule has 1 atom stereocenters. The molecule has 0 radical (unpaired) electrons. The van der Waals surface area contributed by atoms with Crippen molar-refractivity contribution in [1.29, 1.82) is 0 Å². The molecule has 1 aliphatic carbocycles. The van der Waals surface area contributed by atoms with E-state index in [1.165, 1.54) is 49.5 Å². The van der Waals surface area contributed by atoms with Crippen molar-refractivity contribution in [2.45, 2.75) is 88.5 Å². The van der Waals surface area contributed by atoms with E-state index in [4.69, 9.17) is 9.47 Å².